The van der Waals surface area contributed by atoms with Crippen LogP contribution in [0.1, 0.15) is 10.4 Å². The number of carbonyl (C=O) groups excluding carboxylic acids is 2. The fourth-order valence-corrected chi connectivity index (χ4v) is 3.33. The van der Waals surface area contributed by atoms with Gasteiger partial charge in [-0.25, -0.2) is 0 Å². The predicted octanol–water partition coefficient (Wildman–Crippen LogP) is 0.529. The first-order valence-corrected chi connectivity index (χ1v) is 8.38. The van der Waals surface area contributed by atoms with Crippen molar-refractivity contribution in [3.05, 3.63) is 36.0 Å². The first-order chi connectivity index (χ1) is 12.0. The van der Waals surface area contributed by atoms with E-state index in [0.717, 1.165) is 10.9 Å². The second-order valence-electron chi connectivity index (χ2n) is 6.40. The van der Waals surface area contributed by atoms with Crippen molar-refractivity contribution in [1.82, 2.24) is 14.4 Å². The Kier molecular flexibility index (Phi) is 5.06. The van der Waals surface area contributed by atoms with Crippen molar-refractivity contribution in [2.24, 2.45) is 5.73 Å². The van der Waals surface area contributed by atoms with Crippen LogP contribution in [0.15, 0.2) is 30.5 Å². The highest BCUT2D eigenvalue weighted by Crippen LogP contribution is 2.23. The van der Waals surface area contributed by atoms with E-state index in [1.807, 2.05) is 47.0 Å². The molecule has 1 fully saturated rings. The number of piperazine rings is 1. The monoisotopic (exact) mass is 344 g/mol. The van der Waals surface area contributed by atoms with Crippen LogP contribution >= 0.6 is 0 Å². The van der Waals surface area contributed by atoms with Crippen LogP contribution in [0.25, 0.3) is 10.9 Å². The minimum Gasteiger partial charge on any atom is -0.383 e. The van der Waals surface area contributed by atoms with Crippen molar-refractivity contribution in [2.45, 2.75) is 12.6 Å². The van der Waals surface area contributed by atoms with Crippen LogP contribution in [0, 0.1) is 0 Å². The lowest BCUT2D eigenvalue weighted by Gasteiger charge is -2.37. The Morgan fingerprint density at radius 3 is 2.76 bits per heavy atom. The molecule has 1 aliphatic rings. The number of para-hydroxylation sites is 1. The number of hydrogen-bond donors (Lipinski definition) is 1. The number of likely N-dealkylation sites (N-methyl/N-ethyl adjacent to an activating group) is 1. The molecular formula is C18H24N4O3. The molecule has 1 aliphatic heterocycles. The van der Waals surface area contributed by atoms with Crippen molar-refractivity contribution in [3.8, 4) is 0 Å². The van der Waals surface area contributed by atoms with Crippen LogP contribution in [0.3, 0.4) is 0 Å². The molecule has 1 atom stereocenters. The summed E-state index contributed by atoms with van der Waals surface area (Å²) < 4.78 is 7.20. The van der Waals surface area contributed by atoms with Crippen molar-refractivity contribution in [2.75, 3.05) is 40.4 Å². The summed E-state index contributed by atoms with van der Waals surface area (Å²) in [4.78, 5) is 28.3. The summed E-state index contributed by atoms with van der Waals surface area (Å²) in [5.74, 6) is -0.464. The van der Waals surface area contributed by atoms with E-state index in [1.165, 1.54) is 0 Å². The van der Waals surface area contributed by atoms with Gasteiger partial charge in [0.15, 0.2) is 0 Å². The van der Waals surface area contributed by atoms with Gasteiger partial charge in [-0.2, -0.15) is 0 Å². The van der Waals surface area contributed by atoms with Crippen molar-refractivity contribution in [1.29, 1.82) is 0 Å². The third kappa shape index (κ3) is 3.38. The van der Waals surface area contributed by atoms with Crippen molar-refractivity contribution in [3.63, 3.8) is 0 Å². The Bertz CT molecular complexity index is 786. The maximum atomic E-state index is 13.1. The van der Waals surface area contributed by atoms with Crippen molar-refractivity contribution >= 4 is 22.7 Å². The first kappa shape index (κ1) is 17.4. The van der Waals surface area contributed by atoms with Gasteiger partial charge in [0.2, 0.25) is 5.91 Å². The van der Waals surface area contributed by atoms with Gasteiger partial charge < -0.3 is 19.9 Å². The second kappa shape index (κ2) is 7.25. The Morgan fingerprint density at radius 2 is 2.04 bits per heavy atom. The number of benzene rings is 1. The van der Waals surface area contributed by atoms with Gasteiger partial charge in [0.1, 0.15) is 6.04 Å². The zero-order chi connectivity index (χ0) is 18.0. The highest BCUT2D eigenvalue weighted by atomic mass is 16.5. The van der Waals surface area contributed by atoms with E-state index >= 15 is 0 Å². The summed E-state index contributed by atoms with van der Waals surface area (Å²) in [6, 6.07) is 7.39. The fraction of sp³-hybridized carbons (Fsp3) is 0.444. The van der Waals surface area contributed by atoms with Gasteiger partial charge in [-0.3, -0.25) is 14.5 Å². The molecule has 1 aromatic heterocycles. The molecule has 0 radical (unpaired) electrons. The van der Waals surface area contributed by atoms with Gasteiger partial charge in [0.05, 0.1) is 12.2 Å². The zero-order valence-electron chi connectivity index (χ0n) is 14.6. The molecule has 0 unspecified atom stereocenters. The molecular weight excluding hydrogens is 320 g/mol. The number of carbonyl (C=O) groups is 2. The Hall–Kier alpha value is -2.38. The van der Waals surface area contributed by atoms with E-state index in [0.29, 0.717) is 38.3 Å². The van der Waals surface area contributed by atoms with Crippen LogP contribution in [-0.4, -0.2) is 72.6 Å². The molecule has 7 heteroatoms. The second-order valence-corrected chi connectivity index (χ2v) is 6.40. The van der Waals surface area contributed by atoms with E-state index < -0.39 is 11.9 Å². The van der Waals surface area contributed by atoms with Crippen LogP contribution in [0.2, 0.25) is 0 Å². The third-order valence-electron chi connectivity index (χ3n) is 4.82. The number of fused-ring (bicyclic) bond motifs is 1. The number of nitrogens with two attached hydrogens (primary N) is 1. The summed E-state index contributed by atoms with van der Waals surface area (Å²) in [7, 11) is 3.51. The molecule has 1 aromatic carbocycles. The summed E-state index contributed by atoms with van der Waals surface area (Å²) in [6.45, 7) is 2.78. The summed E-state index contributed by atoms with van der Waals surface area (Å²) in [5.41, 5.74) is 7.13. The minimum atomic E-state index is -0.445. The number of aromatic nitrogens is 1. The average molecular weight is 344 g/mol. The smallest absolute Gasteiger partial charge is 0.256 e. The van der Waals surface area contributed by atoms with Gasteiger partial charge in [0.25, 0.3) is 5.91 Å². The summed E-state index contributed by atoms with van der Waals surface area (Å²) in [5, 5.41) is 0.915. The molecule has 7 nitrogen and oxygen atoms in total. The standard InChI is InChI=1S/C18H24N4O3/c1-20-7-8-22(12-16(20)17(19)23)18(24)14-11-21(9-10-25-2)15-6-4-3-5-13(14)15/h3-6,11,16H,7-10,12H2,1-2H3,(H2,19,23)/t16-/m1/s1. The number of hydrogen-bond acceptors (Lipinski definition) is 4. The number of ether oxygens (including phenoxy) is 1. The van der Waals surface area contributed by atoms with E-state index in [-0.39, 0.29) is 5.91 Å². The molecule has 2 aromatic rings. The van der Waals surface area contributed by atoms with Crippen LogP contribution in [0.4, 0.5) is 0 Å². The Balaban J connectivity index is 1.90. The maximum Gasteiger partial charge on any atom is 0.256 e. The predicted molar refractivity (Wildman–Crippen MR) is 95.3 cm³/mol. The Labute approximate surface area is 146 Å². The lowest BCUT2D eigenvalue weighted by atomic mass is 10.1. The van der Waals surface area contributed by atoms with Crippen LogP contribution in [0.5, 0.6) is 0 Å². The van der Waals surface area contributed by atoms with Gasteiger partial charge in [0, 0.05) is 50.4 Å². The lowest BCUT2D eigenvalue weighted by molar-refractivity contribution is -0.124. The highest BCUT2D eigenvalue weighted by Gasteiger charge is 2.32. The third-order valence-corrected chi connectivity index (χ3v) is 4.82. The van der Waals surface area contributed by atoms with Gasteiger partial charge in [-0.05, 0) is 13.1 Å². The Morgan fingerprint density at radius 1 is 1.28 bits per heavy atom. The SMILES string of the molecule is COCCn1cc(C(=O)N2CCN(C)[C@@H](C(N)=O)C2)c2ccccc21. The van der Waals surface area contributed by atoms with E-state index in [4.69, 9.17) is 10.5 Å². The quantitative estimate of drug-likeness (QED) is 0.858. The number of primary amides is 1. The van der Waals surface area contributed by atoms with E-state index in [2.05, 4.69) is 0 Å². The number of nitrogens with zero attached hydrogens (tertiary/aromatic N) is 3. The number of methoxy groups -OCH3 is 1. The molecule has 2 amide bonds. The highest BCUT2D eigenvalue weighted by molar-refractivity contribution is 6.07. The molecule has 2 heterocycles. The largest absolute Gasteiger partial charge is 0.383 e. The van der Waals surface area contributed by atoms with Crippen LogP contribution in [-0.2, 0) is 16.1 Å². The summed E-state index contributed by atoms with van der Waals surface area (Å²) in [6.07, 6.45) is 1.88. The molecule has 0 spiro atoms. The van der Waals surface area contributed by atoms with Gasteiger partial charge in [-0.15, -0.1) is 0 Å². The normalized spacial score (nSPS) is 18.6. The van der Waals surface area contributed by atoms with Crippen molar-refractivity contribution < 1.29 is 14.3 Å². The molecule has 0 bridgehead atoms. The first-order valence-electron chi connectivity index (χ1n) is 8.38. The lowest BCUT2D eigenvalue weighted by Crippen LogP contribution is -2.57. The minimum absolute atomic E-state index is 0.0632. The average Bonchev–Trinajstić information content (AvgIpc) is 2.98. The summed E-state index contributed by atoms with van der Waals surface area (Å²) >= 11 is 0. The van der Waals surface area contributed by atoms with E-state index in [1.54, 1.807) is 12.0 Å². The maximum absolute atomic E-state index is 13.1. The molecule has 134 valence electrons. The molecule has 0 saturated carbocycles. The fourth-order valence-electron chi connectivity index (χ4n) is 3.33. The number of amides is 2. The molecule has 0 aliphatic carbocycles. The zero-order valence-corrected chi connectivity index (χ0v) is 14.6. The topological polar surface area (TPSA) is 80.8 Å². The number of rotatable bonds is 5. The van der Waals surface area contributed by atoms with Gasteiger partial charge >= 0.3 is 0 Å². The van der Waals surface area contributed by atoms with Crippen LogP contribution < -0.4 is 5.73 Å². The van der Waals surface area contributed by atoms with Gasteiger partial charge in [-0.1, -0.05) is 18.2 Å². The molecule has 3 rings (SSSR count). The molecule has 2 N–H and O–H groups in total. The molecule has 1 saturated heterocycles. The van der Waals surface area contributed by atoms with E-state index in [9.17, 15) is 9.59 Å². The molecule has 25 heavy (non-hydrogen) atoms.